The number of aryl methyl sites for hydroxylation is 1. The molecule has 1 aliphatic carbocycles. The summed E-state index contributed by atoms with van der Waals surface area (Å²) in [4.78, 5) is 12.4. The van der Waals surface area contributed by atoms with Crippen LogP contribution >= 0.6 is 0 Å². The van der Waals surface area contributed by atoms with Crippen LogP contribution in [0.2, 0.25) is 0 Å². The van der Waals surface area contributed by atoms with Crippen molar-refractivity contribution >= 4 is 5.78 Å². The second-order valence-electron chi connectivity index (χ2n) is 4.54. The molecule has 0 fully saturated rings. The number of carbonyl (C=O) groups is 1. The van der Waals surface area contributed by atoms with Gasteiger partial charge in [0, 0.05) is 22.3 Å². The van der Waals surface area contributed by atoms with E-state index in [-0.39, 0.29) is 16.9 Å². The molecule has 3 heteroatoms. The Kier molecular flexibility index (Phi) is 2.17. The Morgan fingerprint density at radius 2 is 1.61 bits per heavy atom. The molecule has 0 saturated heterocycles. The maximum absolute atomic E-state index is 12.4. The zero-order chi connectivity index (χ0) is 12.9. The summed E-state index contributed by atoms with van der Waals surface area (Å²) in [5.74, 6) is -2.26. The van der Waals surface area contributed by atoms with Crippen molar-refractivity contribution in [3.8, 4) is 0 Å². The van der Waals surface area contributed by atoms with E-state index < -0.39 is 5.79 Å². The van der Waals surface area contributed by atoms with E-state index in [0.717, 1.165) is 5.56 Å². The monoisotopic (exact) mass is 240 g/mol. The van der Waals surface area contributed by atoms with Crippen LogP contribution in [0.15, 0.2) is 42.5 Å². The van der Waals surface area contributed by atoms with E-state index in [1.165, 1.54) is 0 Å². The molecule has 0 spiro atoms. The van der Waals surface area contributed by atoms with E-state index >= 15 is 0 Å². The summed E-state index contributed by atoms with van der Waals surface area (Å²) in [5.41, 5.74) is 1.99. The van der Waals surface area contributed by atoms with Gasteiger partial charge >= 0.3 is 0 Å². The van der Waals surface area contributed by atoms with Crippen LogP contribution in [0.25, 0.3) is 0 Å². The number of hydrogen-bond donors (Lipinski definition) is 2. The molecule has 0 heterocycles. The normalized spacial score (nSPS) is 16.1. The number of carbonyl (C=O) groups excluding carboxylic acids is 1. The van der Waals surface area contributed by atoms with E-state index in [2.05, 4.69) is 0 Å². The smallest absolute Gasteiger partial charge is 0.218 e. The van der Waals surface area contributed by atoms with Crippen LogP contribution in [0.5, 0.6) is 0 Å². The third kappa shape index (κ3) is 1.29. The largest absolute Gasteiger partial charge is 0.358 e. The van der Waals surface area contributed by atoms with Gasteiger partial charge < -0.3 is 10.2 Å². The van der Waals surface area contributed by atoms with Crippen LogP contribution in [0.3, 0.4) is 0 Å². The zero-order valence-corrected chi connectivity index (χ0v) is 9.84. The third-order valence-corrected chi connectivity index (χ3v) is 3.42. The Hall–Kier alpha value is -1.97. The van der Waals surface area contributed by atoms with E-state index in [4.69, 9.17) is 0 Å². The van der Waals surface area contributed by atoms with Gasteiger partial charge in [-0.1, -0.05) is 42.5 Å². The highest BCUT2D eigenvalue weighted by Gasteiger charge is 2.41. The molecular weight excluding hydrogens is 228 g/mol. The number of ketones is 1. The number of fused-ring (bicyclic) bond motifs is 2. The first-order valence-electron chi connectivity index (χ1n) is 5.72. The van der Waals surface area contributed by atoms with Gasteiger partial charge in [-0.25, -0.2) is 0 Å². The van der Waals surface area contributed by atoms with Crippen molar-refractivity contribution in [3.63, 3.8) is 0 Å². The predicted octanol–water partition coefficient (Wildman–Crippen LogP) is 1.73. The molecule has 0 unspecified atom stereocenters. The molecule has 18 heavy (non-hydrogen) atoms. The highest BCUT2D eigenvalue weighted by molar-refractivity contribution is 6.13. The van der Waals surface area contributed by atoms with E-state index in [0.29, 0.717) is 11.1 Å². The molecule has 2 aromatic carbocycles. The summed E-state index contributed by atoms with van der Waals surface area (Å²) in [5, 5.41) is 20.6. The lowest BCUT2D eigenvalue weighted by atomic mass is 9.79. The highest BCUT2D eigenvalue weighted by Crippen LogP contribution is 2.38. The van der Waals surface area contributed by atoms with Gasteiger partial charge in [-0.3, -0.25) is 4.79 Å². The van der Waals surface area contributed by atoms with Gasteiger partial charge in [0.25, 0.3) is 0 Å². The van der Waals surface area contributed by atoms with Gasteiger partial charge in [-0.15, -0.1) is 0 Å². The average Bonchev–Trinajstić information content (AvgIpc) is 2.36. The number of hydrogen-bond acceptors (Lipinski definition) is 3. The van der Waals surface area contributed by atoms with Crippen LogP contribution in [-0.2, 0) is 5.79 Å². The van der Waals surface area contributed by atoms with Crippen LogP contribution in [0.1, 0.15) is 32.6 Å². The summed E-state index contributed by atoms with van der Waals surface area (Å²) in [6, 6.07) is 11.7. The zero-order valence-electron chi connectivity index (χ0n) is 9.84. The molecular formula is C15H12O3. The minimum atomic E-state index is -2.11. The minimum Gasteiger partial charge on any atom is -0.358 e. The second kappa shape index (κ2) is 3.51. The van der Waals surface area contributed by atoms with Crippen LogP contribution in [0.4, 0.5) is 0 Å². The van der Waals surface area contributed by atoms with Gasteiger partial charge in [0.2, 0.25) is 5.79 Å². The third-order valence-electron chi connectivity index (χ3n) is 3.42. The molecule has 0 atom stereocenters. The molecule has 90 valence electrons. The highest BCUT2D eigenvalue weighted by atomic mass is 16.5. The quantitative estimate of drug-likeness (QED) is 0.689. The molecule has 0 radical (unpaired) electrons. The second-order valence-corrected chi connectivity index (χ2v) is 4.54. The Labute approximate surface area is 104 Å². The Balaban J connectivity index is 2.41. The number of rotatable bonds is 0. The fraction of sp³-hybridized carbons (Fsp3) is 0.133. The SMILES string of the molecule is Cc1cccc2c1C(=O)c1ccccc1C2(O)O. The topological polar surface area (TPSA) is 57.5 Å². The van der Waals surface area contributed by atoms with Crippen LogP contribution < -0.4 is 0 Å². The van der Waals surface area contributed by atoms with Crippen molar-refractivity contribution in [1.29, 1.82) is 0 Å². The molecule has 0 aliphatic heterocycles. The number of aliphatic hydroxyl groups is 2. The predicted molar refractivity (Wildman–Crippen MR) is 66.3 cm³/mol. The Morgan fingerprint density at radius 1 is 0.944 bits per heavy atom. The lowest BCUT2D eigenvalue weighted by Gasteiger charge is -2.31. The van der Waals surface area contributed by atoms with Crippen molar-refractivity contribution in [3.05, 3.63) is 70.3 Å². The Morgan fingerprint density at radius 3 is 2.39 bits per heavy atom. The van der Waals surface area contributed by atoms with E-state index in [1.54, 1.807) is 49.4 Å². The van der Waals surface area contributed by atoms with Gasteiger partial charge in [0.05, 0.1) is 0 Å². The maximum Gasteiger partial charge on any atom is 0.218 e. The molecule has 2 aromatic rings. The van der Waals surface area contributed by atoms with Crippen LogP contribution in [-0.4, -0.2) is 16.0 Å². The summed E-state index contributed by atoms with van der Waals surface area (Å²) >= 11 is 0. The van der Waals surface area contributed by atoms with Gasteiger partial charge in [0.1, 0.15) is 0 Å². The fourth-order valence-corrected chi connectivity index (χ4v) is 2.52. The minimum absolute atomic E-state index is 0.155. The van der Waals surface area contributed by atoms with Gasteiger partial charge in [-0.05, 0) is 12.5 Å². The average molecular weight is 240 g/mol. The molecule has 1 aliphatic rings. The number of benzene rings is 2. The maximum atomic E-state index is 12.4. The lowest BCUT2D eigenvalue weighted by Crippen LogP contribution is -2.35. The van der Waals surface area contributed by atoms with Crippen molar-refractivity contribution in [2.45, 2.75) is 12.7 Å². The van der Waals surface area contributed by atoms with E-state index in [1.807, 2.05) is 0 Å². The molecule has 3 rings (SSSR count). The summed E-state index contributed by atoms with van der Waals surface area (Å²) in [7, 11) is 0. The summed E-state index contributed by atoms with van der Waals surface area (Å²) < 4.78 is 0. The van der Waals surface area contributed by atoms with Crippen molar-refractivity contribution in [1.82, 2.24) is 0 Å². The van der Waals surface area contributed by atoms with Gasteiger partial charge in [0.15, 0.2) is 5.78 Å². The molecule has 0 bridgehead atoms. The first kappa shape index (κ1) is 11.1. The molecule has 0 amide bonds. The summed E-state index contributed by atoms with van der Waals surface area (Å²) in [6.45, 7) is 1.79. The van der Waals surface area contributed by atoms with Crippen molar-refractivity contribution in [2.75, 3.05) is 0 Å². The first-order valence-corrected chi connectivity index (χ1v) is 5.72. The first-order chi connectivity index (χ1) is 8.53. The molecule has 2 N–H and O–H groups in total. The van der Waals surface area contributed by atoms with Crippen LogP contribution in [0, 0.1) is 6.92 Å². The summed E-state index contributed by atoms with van der Waals surface area (Å²) in [6.07, 6.45) is 0. The van der Waals surface area contributed by atoms with Crippen molar-refractivity contribution < 1.29 is 15.0 Å². The Bertz CT molecular complexity index is 657. The van der Waals surface area contributed by atoms with Crippen molar-refractivity contribution in [2.24, 2.45) is 0 Å². The fourth-order valence-electron chi connectivity index (χ4n) is 2.52. The molecule has 0 aromatic heterocycles. The molecule has 0 saturated carbocycles. The van der Waals surface area contributed by atoms with E-state index in [9.17, 15) is 15.0 Å². The van der Waals surface area contributed by atoms with Gasteiger partial charge in [-0.2, -0.15) is 0 Å². The standard InChI is InChI=1S/C15H12O3/c1-9-5-4-8-12-13(9)14(16)10-6-2-3-7-11(10)15(12,17)18/h2-8,17-18H,1H3. The lowest BCUT2D eigenvalue weighted by molar-refractivity contribution is -0.133. The molecule has 3 nitrogen and oxygen atoms in total.